The molecule has 0 saturated heterocycles. The minimum atomic E-state index is -0.591. The monoisotopic (exact) mass is 329 g/mol. The zero-order chi connectivity index (χ0) is 14.0. The maximum Gasteiger partial charge on any atom is 0.145 e. The Balaban J connectivity index is 2.57. The number of nitrogens with zero attached hydrogens (tertiary/aromatic N) is 2. The Morgan fingerprint density at radius 1 is 1.42 bits per heavy atom. The number of halogens is 3. The van der Waals surface area contributed by atoms with Crippen LogP contribution in [0.15, 0.2) is 29.1 Å². The molecule has 1 aromatic heterocycles. The number of nitrogens with one attached hydrogen (secondary N) is 1. The van der Waals surface area contributed by atoms with Gasteiger partial charge in [0.2, 0.25) is 0 Å². The highest BCUT2D eigenvalue weighted by molar-refractivity contribution is 9.10. The molecule has 2 rings (SSSR count). The van der Waals surface area contributed by atoms with Gasteiger partial charge in [0.05, 0.1) is 28.7 Å². The number of aromatic nitrogens is 2. The summed E-state index contributed by atoms with van der Waals surface area (Å²) >= 11 is 3.09. The lowest BCUT2D eigenvalue weighted by molar-refractivity contribution is 0.496. The van der Waals surface area contributed by atoms with E-state index in [2.05, 4.69) is 26.2 Å². The second-order valence-electron chi connectivity index (χ2n) is 4.18. The molecule has 1 N–H and O–H groups in total. The lowest BCUT2D eigenvalue weighted by Gasteiger charge is -2.20. The summed E-state index contributed by atoms with van der Waals surface area (Å²) in [5, 5.41) is 3.09. The van der Waals surface area contributed by atoms with Crippen molar-refractivity contribution in [3.05, 3.63) is 52.0 Å². The average molecular weight is 330 g/mol. The maximum absolute atomic E-state index is 14.2. The highest BCUT2D eigenvalue weighted by Crippen LogP contribution is 2.30. The molecule has 0 aliphatic carbocycles. The number of rotatable bonds is 4. The first-order chi connectivity index (χ1) is 9.06. The van der Waals surface area contributed by atoms with Gasteiger partial charge in [0.25, 0.3) is 0 Å². The van der Waals surface area contributed by atoms with Crippen LogP contribution in [0.3, 0.4) is 0 Å². The number of aryl methyl sites for hydroxylation is 1. The van der Waals surface area contributed by atoms with Gasteiger partial charge in [-0.3, -0.25) is 0 Å². The minimum Gasteiger partial charge on any atom is -0.336 e. The van der Waals surface area contributed by atoms with E-state index < -0.39 is 17.7 Å². The van der Waals surface area contributed by atoms with Gasteiger partial charge in [-0.1, -0.05) is 6.92 Å². The fourth-order valence-electron chi connectivity index (χ4n) is 2.01. The number of imidazole rings is 1. The van der Waals surface area contributed by atoms with E-state index >= 15 is 0 Å². The smallest absolute Gasteiger partial charge is 0.145 e. The molecule has 1 atom stereocenters. The Labute approximate surface area is 118 Å². The van der Waals surface area contributed by atoms with Gasteiger partial charge in [-0.2, -0.15) is 0 Å². The van der Waals surface area contributed by atoms with Crippen LogP contribution in [0.1, 0.15) is 24.2 Å². The topological polar surface area (TPSA) is 29.9 Å². The third-order valence-corrected chi connectivity index (χ3v) is 3.54. The summed E-state index contributed by atoms with van der Waals surface area (Å²) in [5.74, 6) is -1.17. The molecule has 102 valence electrons. The van der Waals surface area contributed by atoms with Gasteiger partial charge in [-0.15, -0.1) is 0 Å². The summed E-state index contributed by atoms with van der Waals surface area (Å²) in [6.07, 6.45) is 3.21. The fraction of sp³-hybridized carbons (Fsp3) is 0.308. The SMILES string of the molecule is CCNC(c1c(F)ccc(Br)c1F)c1cncn1C. The molecule has 19 heavy (non-hydrogen) atoms. The molecule has 1 unspecified atom stereocenters. The van der Waals surface area contributed by atoms with E-state index in [1.165, 1.54) is 12.1 Å². The molecule has 0 saturated carbocycles. The highest BCUT2D eigenvalue weighted by Gasteiger charge is 2.24. The largest absolute Gasteiger partial charge is 0.336 e. The molecule has 0 aliphatic rings. The lowest BCUT2D eigenvalue weighted by atomic mass is 10.0. The molecule has 2 aromatic rings. The third kappa shape index (κ3) is 2.69. The second-order valence-corrected chi connectivity index (χ2v) is 5.03. The van der Waals surface area contributed by atoms with E-state index in [9.17, 15) is 8.78 Å². The standard InChI is InChI=1S/C13H14BrF2N3/c1-3-18-13(10-6-17-7-19(10)2)11-9(15)5-4-8(14)12(11)16/h4-7,13,18H,3H2,1-2H3. The van der Waals surface area contributed by atoms with Gasteiger partial charge < -0.3 is 9.88 Å². The van der Waals surface area contributed by atoms with Crippen LogP contribution in [0.25, 0.3) is 0 Å². The van der Waals surface area contributed by atoms with Crippen LogP contribution in [-0.4, -0.2) is 16.1 Å². The minimum absolute atomic E-state index is 0.000162. The van der Waals surface area contributed by atoms with Crippen LogP contribution in [0.4, 0.5) is 8.78 Å². The molecular formula is C13H14BrF2N3. The lowest BCUT2D eigenvalue weighted by Crippen LogP contribution is -2.26. The molecule has 0 bridgehead atoms. The molecule has 3 nitrogen and oxygen atoms in total. The number of benzene rings is 1. The van der Waals surface area contributed by atoms with Gasteiger partial charge in [-0.25, -0.2) is 13.8 Å². The molecule has 0 spiro atoms. The van der Waals surface area contributed by atoms with Crippen LogP contribution in [0, 0.1) is 11.6 Å². The first kappa shape index (κ1) is 14.1. The quantitative estimate of drug-likeness (QED) is 0.873. The van der Waals surface area contributed by atoms with Crippen molar-refractivity contribution < 1.29 is 8.78 Å². The van der Waals surface area contributed by atoms with E-state index in [1.54, 1.807) is 24.1 Å². The summed E-state index contributed by atoms with van der Waals surface area (Å²) < 4.78 is 30.2. The molecule has 0 aliphatic heterocycles. The molecular weight excluding hydrogens is 316 g/mol. The third-order valence-electron chi connectivity index (χ3n) is 2.93. The van der Waals surface area contributed by atoms with Gasteiger partial charge >= 0.3 is 0 Å². The maximum atomic E-state index is 14.2. The molecule has 1 heterocycles. The van der Waals surface area contributed by atoms with Gasteiger partial charge in [0, 0.05) is 12.6 Å². The Kier molecular flexibility index (Phi) is 4.31. The summed E-state index contributed by atoms with van der Waals surface area (Å²) in [6.45, 7) is 2.47. The first-order valence-corrected chi connectivity index (χ1v) is 6.68. The van der Waals surface area contributed by atoms with Crippen LogP contribution < -0.4 is 5.32 Å². The molecule has 1 aromatic carbocycles. The van der Waals surface area contributed by atoms with E-state index in [0.717, 1.165) is 0 Å². The second kappa shape index (κ2) is 5.79. The van der Waals surface area contributed by atoms with Crippen molar-refractivity contribution in [2.75, 3.05) is 6.54 Å². The summed E-state index contributed by atoms with van der Waals surface area (Å²) in [5.41, 5.74) is 0.706. The predicted octanol–water partition coefficient (Wildman–Crippen LogP) is 3.16. The predicted molar refractivity (Wildman–Crippen MR) is 72.8 cm³/mol. The number of hydrogen-bond acceptors (Lipinski definition) is 2. The van der Waals surface area contributed by atoms with Crippen LogP contribution >= 0.6 is 15.9 Å². The van der Waals surface area contributed by atoms with E-state index in [0.29, 0.717) is 12.2 Å². The normalized spacial score (nSPS) is 12.7. The van der Waals surface area contributed by atoms with Crippen molar-refractivity contribution in [2.24, 2.45) is 7.05 Å². The summed E-state index contributed by atoms with van der Waals surface area (Å²) in [6, 6.07) is 2.04. The highest BCUT2D eigenvalue weighted by atomic mass is 79.9. The van der Waals surface area contributed by atoms with Crippen molar-refractivity contribution in [1.82, 2.24) is 14.9 Å². The first-order valence-electron chi connectivity index (χ1n) is 5.89. The average Bonchev–Trinajstić information content (AvgIpc) is 2.79. The zero-order valence-corrected chi connectivity index (χ0v) is 12.2. The van der Waals surface area contributed by atoms with Crippen LogP contribution in [-0.2, 0) is 7.05 Å². The van der Waals surface area contributed by atoms with Crippen LogP contribution in [0.2, 0.25) is 0 Å². The fourth-order valence-corrected chi connectivity index (χ4v) is 2.36. The van der Waals surface area contributed by atoms with Crippen molar-refractivity contribution in [2.45, 2.75) is 13.0 Å². The Morgan fingerprint density at radius 2 is 2.16 bits per heavy atom. The number of hydrogen-bond donors (Lipinski definition) is 1. The van der Waals surface area contributed by atoms with Crippen LogP contribution in [0.5, 0.6) is 0 Å². The van der Waals surface area contributed by atoms with Crippen molar-refractivity contribution in [3.8, 4) is 0 Å². The van der Waals surface area contributed by atoms with E-state index in [4.69, 9.17) is 0 Å². The Hall–Kier alpha value is -1.27. The molecule has 6 heteroatoms. The molecule has 0 amide bonds. The van der Waals surface area contributed by atoms with Gasteiger partial charge in [0.1, 0.15) is 11.6 Å². The van der Waals surface area contributed by atoms with Crippen molar-refractivity contribution in [1.29, 1.82) is 0 Å². The van der Waals surface area contributed by atoms with E-state index in [-0.39, 0.29) is 10.0 Å². The van der Waals surface area contributed by atoms with Gasteiger partial charge in [-0.05, 0) is 34.6 Å². The van der Waals surface area contributed by atoms with E-state index in [1.807, 2.05) is 6.92 Å². The van der Waals surface area contributed by atoms with Gasteiger partial charge in [0.15, 0.2) is 0 Å². The Bertz CT molecular complexity index is 583. The Morgan fingerprint density at radius 3 is 2.74 bits per heavy atom. The van der Waals surface area contributed by atoms with Crippen molar-refractivity contribution >= 4 is 15.9 Å². The summed E-state index contributed by atoms with van der Waals surface area (Å²) in [4.78, 5) is 4.00. The zero-order valence-electron chi connectivity index (χ0n) is 10.6. The summed E-state index contributed by atoms with van der Waals surface area (Å²) in [7, 11) is 1.79. The van der Waals surface area contributed by atoms with Crippen molar-refractivity contribution in [3.63, 3.8) is 0 Å². The molecule has 0 fully saturated rings. The molecule has 0 radical (unpaired) electrons.